The van der Waals surface area contributed by atoms with E-state index in [9.17, 15) is 14.4 Å². The Kier molecular flexibility index (Phi) is 6.09. The molecule has 1 fully saturated rings. The molecule has 3 amide bonds. The number of imide groups is 1. The summed E-state index contributed by atoms with van der Waals surface area (Å²) in [5.74, 6) is -1.02. The summed E-state index contributed by atoms with van der Waals surface area (Å²) < 4.78 is 5.23. The number of urea groups is 1. The first-order valence-corrected chi connectivity index (χ1v) is 9.33. The number of nitrogens with zero attached hydrogens (tertiary/aromatic N) is 2. The Morgan fingerprint density at radius 3 is 2.11 bits per heavy atom. The molecule has 1 aliphatic rings. The first-order chi connectivity index (χ1) is 13.5. The first-order valence-electron chi connectivity index (χ1n) is 9.33. The Hall–Kier alpha value is -3.15. The average Bonchev–Trinajstić information content (AvgIpc) is 2.92. The van der Waals surface area contributed by atoms with E-state index in [1.165, 1.54) is 4.90 Å². The second kappa shape index (κ2) is 8.69. The van der Waals surface area contributed by atoms with Crippen LogP contribution in [0, 0.1) is 5.92 Å². The molecule has 0 aromatic heterocycles. The highest BCUT2D eigenvalue weighted by Crippen LogP contribution is 2.25. The molecule has 146 valence electrons. The van der Waals surface area contributed by atoms with Crippen LogP contribution in [0.1, 0.15) is 25.0 Å². The van der Waals surface area contributed by atoms with Gasteiger partial charge in [-0.3, -0.25) is 14.5 Å². The molecule has 2 aromatic carbocycles. The van der Waals surface area contributed by atoms with E-state index in [4.69, 9.17) is 4.74 Å². The fourth-order valence-corrected chi connectivity index (χ4v) is 3.31. The predicted octanol–water partition coefficient (Wildman–Crippen LogP) is 3.22. The average molecular weight is 380 g/mol. The summed E-state index contributed by atoms with van der Waals surface area (Å²) in [6.07, 6.45) is 0. The van der Waals surface area contributed by atoms with Gasteiger partial charge in [0.05, 0.1) is 0 Å². The number of amides is 3. The van der Waals surface area contributed by atoms with Gasteiger partial charge in [0.25, 0.3) is 5.91 Å². The van der Waals surface area contributed by atoms with Gasteiger partial charge in [0.1, 0.15) is 19.2 Å². The predicted molar refractivity (Wildman–Crippen MR) is 104 cm³/mol. The number of ether oxygens (including phenoxy) is 1. The lowest BCUT2D eigenvalue weighted by Crippen LogP contribution is -2.38. The van der Waals surface area contributed by atoms with Crippen LogP contribution in [0.2, 0.25) is 0 Å². The summed E-state index contributed by atoms with van der Waals surface area (Å²) in [5.41, 5.74) is 1.78. The molecule has 1 heterocycles. The maximum atomic E-state index is 12.9. The Morgan fingerprint density at radius 2 is 1.54 bits per heavy atom. The largest absolute Gasteiger partial charge is 0.459 e. The topological polar surface area (TPSA) is 66.9 Å². The van der Waals surface area contributed by atoms with Crippen molar-refractivity contribution in [2.75, 3.05) is 6.54 Å². The number of hydrogen-bond donors (Lipinski definition) is 0. The quantitative estimate of drug-likeness (QED) is 0.546. The normalized spacial score (nSPS) is 16.8. The number of carbonyl (C=O) groups is 3. The summed E-state index contributed by atoms with van der Waals surface area (Å²) in [6.45, 7) is 3.84. The van der Waals surface area contributed by atoms with Crippen molar-refractivity contribution in [3.8, 4) is 0 Å². The van der Waals surface area contributed by atoms with Gasteiger partial charge in [-0.1, -0.05) is 74.5 Å². The number of hydrogen-bond acceptors (Lipinski definition) is 4. The number of carbonyl (C=O) groups excluding carboxylic acids is 3. The van der Waals surface area contributed by atoms with Gasteiger partial charge in [-0.2, -0.15) is 0 Å². The lowest BCUT2D eigenvalue weighted by Gasteiger charge is -2.24. The van der Waals surface area contributed by atoms with Gasteiger partial charge >= 0.3 is 12.0 Å². The fraction of sp³-hybridized carbons (Fsp3) is 0.318. The Bertz CT molecular complexity index is 836. The van der Waals surface area contributed by atoms with Crippen molar-refractivity contribution in [1.82, 2.24) is 9.80 Å². The minimum Gasteiger partial charge on any atom is -0.459 e. The van der Waals surface area contributed by atoms with E-state index in [-0.39, 0.29) is 25.0 Å². The number of benzene rings is 2. The Balaban J connectivity index is 1.67. The molecule has 0 N–H and O–H groups in total. The monoisotopic (exact) mass is 380 g/mol. The van der Waals surface area contributed by atoms with Crippen LogP contribution in [0.3, 0.4) is 0 Å². The zero-order valence-electron chi connectivity index (χ0n) is 16.1. The summed E-state index contributed by atoms with van der Waals surface area (Å²) in [4.78, 5) is 40.4. The third-order valence-corrected chi connectivity index (χ3v) is 4.69. The van der Waals surface area contributed by atoms with E-state index in [1.54, 1.807) is 0 Å². The Labute approximate surface area is 164 Å². The summed E-state index contributed by atoms with van der Waals surface area (Å²) >= 11 is 0. The van der Waals surface area contributed by atoms with Crippen LogP contribution in [-0.2, 0) is 27.5 Å². The molecule has 0 radical (unpaired) electrons. The third-order valence-electron chi connectivity index (χ3n) is 4.69. The van der Waals surface area contributed by atoms with Crippen LogP contribution in [0.5, 0.6) is 0 Å². The van der Waals surface area contributed by atoms with E-state index < -0.39 is 18.0 Å². The van der Waals surface area contributed by atoms with Crippen molar-refractivity contribution in [3.05, 3.63) is 71.8 Å². The maximum absolute atomic E-state index is 12.9. The molecule has 0 saturated carbocycles. The third kappa shape index (κ3) is 4.39. The smallest absolute Gasteiger partial charge is 0.328 e. The zero-order chi connectivity index (χ0) is 20.1. The van der Waals surface area contributed by atoms with E-state index in [0.29, 0.717) is 6.54 Å². The number of esters is 1. The second-order valence-electron chi connectivity index (χ2n) is 7.16. The van der Waals surface area contributed by atoms with Gasteiger partial charge in [-0.05, 0) is 17.0 Å². The van der Waals surface area contributed by atoms with E-state index in [1.807, 2.05) is 74.5 Å². The molecule has 1 aliphatic heterocycles. The molecular weight excluding hydrogens is 356 g/mol. The highest BCUT2D eigenvalue weighted by atomic mass is 16.5. The summed E-state index contributed by atoms with van der Waals surface area (Å²) in [5, 5.41) is 0. The molecule has 1 atom stereocenters. The lowest BCUT2D eigenvalue weighted by molar-refractivity contribution is -0.148. The SMILES string of the molecule is CC(C)[C@@H]1C(=O)N(CC(=O)OCc2ccccc2)C(=O)N1Cc1ccccc1. The molecule has 0 aliphatic carbocycles. The van der Waals surface area contributed by atoms with Gasteiger partial charge in [0, 0.05) is 6.54 Å². The minimum atomic E-state index is -0.602. The molecule has 1 saturated heterocycles. The van der Waals surface area contributed by atoms with Crippen LogP contribution in [0.15, 0.2) is 60.7 Å². The molecule has 3 rings (SSSR count). The van der Waals surface area contributed by atoms with Crippen molar-refractivity contribution >= 4 is 17.9 Å². The van der Waals surface area contributed by atoms with E-state index in [0.717, 1.165) is 16.0 Å². The van der Waals surface area contributed by atoms with Crippen LogP contribution >= 0.6 is 0 Å². The van der Waals surface area contributed by atoms with Crippen LogP contribution < -0.4 is 0 Å². The zero-order valence-corrected chi connectivity index (χ0v) is 16.1. The molecule has 0 unspecified atom stereocenters. The van der Waals surface area contributed by atoms with E-state index >= 15 is 0 Å². The molecule has 6 nitrogen and oxygen atoms in total. The molecule has 0 bridgehead atoms. The number of rotatable bonds is 7. The van der Waals surface area contributed by atoms with Gasteiger partial charge in [0.15, 0.2) is 0 Å². The highest BCUT2D eigenvalue weighted by molar-refractivity contribution is 6.06. The lowest BCUT2D eigenvalue weighted by atomic mass is 10.0. The van der Waals surface area contributed by atoms with Crippen LogP contribution in [-0.4, -0.2) is 40.3 Å². The van der Waals surface area contributed by atoms with Gasteiger partial charge in [-0.25, -0.2) is 4.79 Å². The van der Waals surface area contributed by atoms with Crippen LogP contribution in [0.4, 0.5) is 4.79 Å². The fourth-order valence-electron chi connectivity index (χ4n) is 3.31. The van der Waals surface area contributed by atoms with Gasteiger partial charge in [-0.15, -0.1) is 0 Å². The molecule has 0 spiro atoms. The molecular formula is C22H24N2O4. The summed E-state index contributed by atoms with van der Waals surface area (Å²) in [6, 6.07) is 17.7. The maximum Gasteiger partial charge on any atom is 0.328 e. The second-order valence-corrected chi connectivity index (χ2v) is 7.16. The minimum absolute atomic E-state index is 0.0644. The molecule has 28 heavy (non-hydrogen) atoms. The van der Waals surface area contributed by atoms with Gasteiger partial charge in [0.2, 0.25) is 0 Å². The van der Waals surface area contributed by atoms with Crippen molar-refractivity contribution in [2.45, 2.75) is 33.0 Å². The molecule has 2 aromatic rings. The van der Waals surface area contributed by atoms with Crippen molar-refractivity contribution in [3.63, 3.8) is 0 Å². The summed E-state index contributed by atoms with van der Waals surface area (Å²) in [7, 11) is 0. The van der Waals surface area contributed by atoms with E-state index in [2.05, 4.69) is 0 Å². The van der Waals surface area contributed by atoms with Crippen molar-refractivity contribution in [1.29, 1.82) is 0 Å². The Morgan fingerprint density at radius 1 is 0.964 bits per heavy atom. The van der Waals surface area contributed by atoms with Gasteiger partial charge < -0.3 is 9.64 Å². The standard InChI is InChI=1S/C22H24N2O4/c1-16(2)20-21(26)24(14-19(25)28-15-18-11-7-4-8-12-18)22(27)23(20)13-17-9-5-3-6-10-17/h3-12,16,20H,13-15H2,1-2H3/t20-/m1/s1. The van der Waals surface area contributed by atoms with Crippen molar-refractivity contribution < 1.29 is 19.1 Å². The van der Waals surface area contributed by atoms with Crippen LogP contribution in [0.25, 0.3) is 0 Å². The highest BCUT2D eigenvalue weighted by Gasteiger charge is 2.47. The molecule has 6 heteroatoms. The first kappa shape index (κ1) is 19.6. The van der Waals surface area contributed by atoms with Crippen molar-refractivity contribution in [2.24, 2.45) is 5.92 Å².